The van der Waals surface area contributed by atoms with E-state index in [2.05, 4.69) is 10.0 Å². The van der Waals surface area contributed by atoms with Crippen molar-refractivity contribution in [2.24, 2.45) is 16.6 Å². The maximum Gasteiger partial charge on any atom is 0.410 e. The zero-order valence-corrected chi connectivity index (χ0v) is 14.9. The summed E-state index contributed by atoms with van der Waals surface area (Å²) in [6.07, 6.45) is 2.48. The van der Waals surface area contributed by atoms with E-state index < -0.39 is 23.6 Å². The lowest BCUT2D eigenvalue weighted by Crippen LogP contribution is -2.50. The van der Waals surface area contributed by atoms with Crippen LogP contribution in [0.5, 0.6) is 0 Å². The summed E-state index contributed by atoms with van der Waals surface area (Å²) in [5.74, 6) is -0.572. The minimum atomic E-state index is -0.747. The van der Waals surface area contributed by atoms with Crippen LogP contribution in [0.4, 0.5) is 4.79 Å². The van der Waals surface area contributed by atoms with E-state index in [9.17, 15) is 9.59 Å². The molecule has 4 N–H and O–H groups in total. The average Bonchev–Trinajstić information content (AvgIpc) is 2.46. The molecule has 138 valence electrons. The van der Waals surface area contributed by atoms with E-state index in [4.69, 9.17) is 21.7 Å². The first kappa shape index (κ1) is 22.0. The van der Waals surface area contributed by atoms with Gasteiger partial charge in [0.1, 0.15) is 11.6 Å². The highest BCUT2D eigenvalue weighted by Gasteiger charge is 2.31. The molecule has 0 aliphatic rings. The smallest absolute Gasteiger partial charge is 0.410 e. The Morgan fingerprint density at radius 3 is 2.42 bits per heavy atom. The molecule has 0 bridgehead atoms. The van der Waals surface area contributed by atoms with Crippen LogP contribution in [0.25, 0.3) is 10.4 Å². The summed E-state index contributed by atoms with van der Waals surface area (Å²) in [6, 6.07) is -0.747. The van der Waals surface area contributed by atoms with Crippen LogP contribution in [-0.2, 0) is 9.53 Å². The molecule has 0 aromatic rings. The van der Waals surface area contributed by atoms with Crippen molar-refractivity contribution in [3.63, 3.8) is 0 Å². The number of rotatable bonds is 11. The third-order valence-electron chi connectivity index (χ3n) is 3.23. The second kappa shape index (κ2) is 11.5. The van der Waals surface area contributed by atoms with E-state index in [1.54, 1.807) is 20.8 Å². The molecule has 0 rings (SSSR count). The van der Waals surface area contributed by atoms with Crippen molar-refractivity contribution in [2.45, 2.75) is 64.5 Å². The molecule has 2 amide bonds. The summed E-state index contributed by atoms with van der Waals surface area (Å²) in [5.41, 5.74) is 18.6. The molecular weight excluding hydrogens is 312 g/mol. The largest absolute Gasteiger partial charge is 0.444 e. The van der Waals surface area contributed by atoms with Crippen molar-refractivity contribution >= 4 is 12.0 Å². The van der Waals surface area contributed by atoms with E-state index in [1.807, 2.05) is 0 Å². The molecule has 0 fully saturated rings. The Kier molecular flexibility index (Phi) is 10.6. The average molecular weight is 342 g/mol. The number of carbonyl (C=O) groups excluding carboxylic acids is 2. The van der Waals surface area contributed by atoms with Crippen molar-refractivity contribution < 1.29 is 14.3 Å². The molecule has 9 heteroatoms. The van der Waals surface area contributed by atoms with Crippen molar-refractivity contribution in [2.75, 3.05) is 19.6 Å². The van der Waals surface area contributed by atoms with Crippen molar-refractivity contribution in [1.82, 2.24) is 4.90 Å². The van der Waals surface area contributed by atoms with Gasteiger partial charge in [-0.1, -0.05) is 11.5 Å². The number of nitrogens with zero attached hydrogens (tertiary/aromatic N) is 4. The Hall–Kier alpha value is -1.99. The molecule has 9 nitrogen and oxygen atoms in total. The Morgan fingerprint density at radius 1 is 1.25 bits per heavy atom. The molecule has 0 saturated carbocycles. The van der Waals surface area contributed by atoms with Gasteiger partial charge in [-0.15, -0.1) is 0 Å². The van der Waals surface area contributed by atoms with Crippen LogP contribution in [0.3, 0.4) is 0 Å². The van der Waals surface area contributed by atoms with Crippen LogP contribution >= 0.6 is 0 Å². The van der Waals surface area contributed by atoms with Crippen molar-refractivity contribution in [3.8, 4) is 0 Å². The van der Waals surface area contributed by atoms with Crippen molar-refractivity contribution in [1.29, 1.82) is 0 Å². The van der Waals surface area contributed by atoms with Gasteiger partial charge < -0.3 is 16.2 Å². The maximum absolute atomic E-state index is 12.4. The summed E-state index contributed by atoms with van der Waals surface area (Å²) in [5, 5.41) is 3.45. The Morgan fingerprint density at radius 2 is 1.92 bits per heavy atom. The lowest BCUT2D eigenvalue weighted by atomic mass is 10.1. The van der Waals surface area contributed by atoms with Crippen LogP contribution in [0.15, 0.2) is 5.11 Å². The first-order valence-electron chi connectivity index (χ1n) is 8.22. The number of hydrogen-bond acceptors (Lipinski definition) is 5. The predicted octanol–water partition coefficient (Wildman–Crippen LogP) is 2.30. The summed E-state index contributed by atoms with van der Waals surface area (Å²) >= 11 is 0. The summed E-state index contributed by atoms with van der Waals surface area (Å²) in [4.78, 5) is 28.3. The Labute approximate surface area is 143 Å². The van der Waals surface area contributed by atoms with E-state index in [0.717, 1.165) is 6.42 Å². The minimum absolute atomic E-state index is 0.349. The molecule has 0 aliphatic heterocycles. The molecule has 0 aromatic carbocycles. The van der Waals surface area contributed by atoms with E-state index in [0.29, 0.717) is 45.3 Å². The summed E-state index contributed by atoms with van der Waals surface area (Å²) in [7, 11) is 0. The predicted molar refractivity (Wildman–Crippen MR) is 92.1 cm³/mol. The molecule has 1 atom stereocenters. The molecule has 0 aliphatic carbocycles. The lowest BCUT2D eigenvalue weighted by Gasteiger charge is -2.32. The van der Waals surface area contributed by atoms with Gasteiger partial charge in [-0.3, -0.25) is 9.69 Å². The van der Waals surface area contributed by atoms with Gasteiger partial charge in [-0.2, -0.15) is 0 Å². The van der Waals surface area contributed by atoms with Gasteiger partial charge in [-0.25, -0.2) is 4.79 Å². The fourth-order valence-corrected chi connectivity index (χ4v) is 2.14. The highest BCUT2D eigenvalue weighted by molar-refractivity contribution is 5.84. The first-order valence-corrected chi connectivity index (χ1v) is 8.22. The number of amides is 2. The monoisotopic (exact) mass is 342 g/mol. The number of ether oxygens (including phenoxy) is 1. The van der Waals surface area contributed by atoms with E-state index in [-0.39, 0.29) is 0 Å². The van der Waals surface area contributed by atoms with Gasteiger partial charge in [0.2, 0.25) is 5.91 Å². The second-order valence-corrected chi connectivity index (χ2v) is 6.54. The van der Waals surface area contributed by atoms with Gasteiger partial charge in [0.05, 0.1) is 0 Å². The van der Waals surface area contributed by atoms with Crippen LogP contribution in [0, 0.1) is 0 Å². The first-order chi connectivity index (χ1) is 11.2. The highest BCUT2D eigenvalue weighted by atomic mass is 16.6. The molecule has 0 spiro atoms. The Bertz CT molecular complexity index is 443. The number of hydrogen-bond donors (Lipinski definition) is 2. The van der Waals surface area contributed by atoms with E-state index in [1.165, 1.54) is 4.90 Å². The number of unbranched alkanes of at least 4 members (excludes halogenated alkanes) is 2. The molecule has 0 heterocycles. The maximum atomic E-state index is 12.4. The molecule has 0 unspecified atom stereocenters. The third kappa shape index (κ3) is 9.91. The number of carbonyl (C=O) groups is 2. The summed E-state index contributed by atoms with van der Waals surface area (Å²) < 4.78 is 5.39. The molecule has 24 heavy (non-hydrogen) atoms. The minimum Gasteiger partial charge on any atom is -0.444 e. The molecular formula is C15H30N6O3. The quantitative estimate of drug-likeness (QED) is 0.256. The Balaban J connectivity index is 4.95. The lowest BCUT2D eigenvalue weighted by molar-refractivity contribution is -0.123. The SMILES string of the molecule is CC(C)(C)OC(=O)N(CCCCN)[C@H](CCCCN=[N+]=[N-])C(N)=O. The van der Waals surface area contributed by atoms with E-state index >= 15 is 0 Å². The topological polar surface area (TPSA) is 147 Å². The number of nitrogens with two attached hydrogens (primary N) is 2. The zero-order valence-electron chi connectivity index (χ0n) is 14.9. The fourth-order valence-electron chi connectivity index (χ4n) is 2.14. The van der Waals surface area contributed by atoms with Crippen LogP contribution in [0.2, 0.25) is 0 Å². The second-order valence-electron chi connectivity index (χ2n) is 6.54. The van der Waals surface area contributed by atoms with Gasteiger partial charge in [0, 0.05) is 18.0 Å². The standard InChI is InChI=1S/C15H30N6O3/c1-15(2,3)24-14(23)21(11-7-5-9-16)12(13(17)22)8-4-6-10-19-20-18/h12H,4-11,16H2,1-3H3,(H2,17,22)/t12-/m1/s1. The molecule has 0 radical (unpaired) electrons. The number of primary amides is 1. The number of azide groups is 1. The van der Waals surface area contributed by atoms with Crippen LogP contribution < -0.4 is 11.5 Å². The van der Waals surface area contributed by atoms with Gasteiger partial charge >= 0.3 is 6.09 Å². The van der Waals surface area contributed by atoms with Crippen LogP contribution in [-0.4, -0.2) is 48.2 Å². The fraction of sp³-hybridized carbons (Fsp3) is 0.867. The molecule has 0 aromatic heterocycles. The highest BCUT2D eigenvalue weighted by Crippen LogP contribution is 2.16. The third-order valence-corrected chi connectivity index (χ3v) is 3.23. The van der Waals surface area contributed by atoms with Crippen molar-refractivity contribution in [3.05, 3.63) is 10.4 Å². The van der Waals surface area contributed by atoms with Gasteiger partial charge in [0.25, 0.3) is 0 Å². The molecule has 0 saturated heterocycles. The van der Waals surface area contributed by atoms with Gasteiger partial charge in [0.15, 0.2) is 0 Å². The van der Waals surface area contributed by atoms with Gasteiger partial charge in [-0.05, 0) is 58.5 Å². The summed E-state index contributed by atoms with van der Waals surface area (Å²) in [6.45, 7) is 6.51. The zero-order chi connectivity index (χ0) is 18.6. The normalized spacial score (nSPS) is 12.2. The van der Waals surface area contributed by atoms with Crippen LogP contribution in [0.1, 0.15) is 52.9 Å².